The van der Waals surface area contributed by atoms with E-state index in [2.05, 4.69) is 30.6 Å². The summed E-state index contributed by atoms with van der Waals surface area (Å²) in [7, 11) is 1.83. The zero-order valence-corrected chi connectivity index (χ0v) is 11.1. The summed E-state index contributed by atoms with van der Waals surface area (Å²) in [6, 6.07) is 1.79. The second-order valence-electron chi connectivity index (χ2n) is 4.42. The molecule has 8 heteroatoms. The second-order valence-corrected chi connectivity index (χ2v) is 4.42. The van der Waals surface area contributed by atoms with Gasteiger partial charge in [0.05, 0.1) is 17.8 Å². The Balaban J connectivity index is 1.82. The Hall–Kier alpha value is -2.77. The molecule has 0 aliphatic carbocycles. The summed E-state index contributed by atoms with van der Waals surface area (Å²) in [5.41, 5.74) is 2.10. The minimum Gasteiger partial charge on any atom is -0.345 e. The molecule has 0 saturated heterocycles. The van der Waals surface area contributed by atoms with Crippen LogP contribution in [0.3, 0.4) is 0 Å². The van der Waals surface area contributed by atoms with Gasteiger partial charge in [-0.05, 0) is 13.0 Å². The van der Waals surface area contributed by atoms with E-state index in [0.29, 0.717) is 17.9 Å². The number of H-pyrrole nitrogens is 1. The monoisotopic (exact) mass is 271 g/mol. The fourth-order valence-electron chi connectivity index (χ4n) is 2.01. The SMILES string of the molecule is Cc1nn(C)c2ncc(C(=O)NCc3ncn[nH]3)cc12. The number of nitrogens with one attached hydrogen (secondary N) is 2. The van der Waals surface area contributed by atoms with Gasteiger partial charge in [0.1, 0.15) is 12.2 Å². The van der Waals surface area contributed by atoms with Gasteiger partial charge in [0.25, 0.3) is 5.91 Å². The van der Waals surface area contributed by atoms with Crippen LogP contribution >= 0.6 is 0 Å². The van der Waals surface area contributed by atoms with Crippen LogP contribution in [0.5, 0.6) is 0 Å². The zero-order chi connectivity index (χ0) is 14.1. The lowest BCUT2D eigenvalue weighted by Crippen LogP contribution is -2.23. The van der Waals surface area contributed by atoms with E-state index in [1.54, 1.807) is 16.9 Å². The summed E-state index contributed by atoms with van der Waals surface area (Å²) >= 11 is 0. The van der Waals surface area contributed by atoms with Crippen LogP contribution in [0.25, 0.3) is 11.0 Å². The van der Waals surface area contributed by atoms with E-state index in [9.17, 15) is 4.79 Å². The van der Waals surface area contributed by atoms with Gasteiger partial charge in [-0.1, -0.05) is 0 Å². The number of aromatic amines is 1. The Kier molecular flexibility index (Phi) is 2.90. The zero-order valence-electron chi connectivity index (χ0n) is 11.1. The van der Waals surface area contributed by atoms with Gasteiger partial charge in [0.2, 0.25) is 0 Å². The third-order valence-electron chi connectivity index (χ3n) is 3.01. The van der Waals surface area contributed by atoms with Gasteiger partial charge < -0.3 is 5.32 Å². The highest BCUT2D eigenvalue weighted by atomic mass is 16.1. The molecule has 3 rings (SSSR count). The summed E-state index contributed by atoms with van der Waals surface area (Å²) in [5.74, 6) is 0.393. The van der Waals surface area contributed by atoms with Crippen molar-refractivity contribution >= 4 is 16.9 Å². The molecule has 8 nitrogen and oxygen atoms in total. The first-order chi connectivity index (χ1) is 9.65. The summed E-state index contributed by atoms with van der Waals surface area (Å²) in [6.07, 6.45) is 2.94. The first kappa shape index (κ1) is 12.3. The molecule has 0 bridgehead atoms. The highest BCUT2D eigenvalue weighted by Crippen LogP contribution is 2.16. The molecule has 0 aromatic carbocycles. The Morgan fingerprint density at radius 1 is 1.45 bits per heavy atom. The Morgan fingerprint density at radius 3 is 3.05 bits per heavy atom. The van der Waals surface area contributed by atoms with Crippen LogP contribution in [0.1, 0.15) is 21.9 Å². The van der Waals surface area contributed by atoms with Crippen molar-refractivity contribution in [2.24, 2.45) is 7.05 Å². The van der Waals surface area contributed by atoms with E-state index in [0.717, 1.165) is 16.7 Å². The molecule has 20 heavy (non-hydrogen) atoms. The number of carbonyl (C=O) groups is 1. The predicted molar refractivity (Wildman–Crippen MR) is 70.8 cm³/mol. The summed E-state index contributed by atoms with van der Waals surface area (Å²) < 4.78 is 1.70. The number of carbonyl (C=O) groups excluding carboxylic acids is 1. The number of rotatable bonds is 3. The molecule has 0 atom stereocenters. The highest BCUT2D eigenvalue weighted by Gasteiger charge is 2.11. The molecule has 0 spiro atoms. The van der Waals surface area contributed by atoms with Crippen LogP contribution in [0.15, 0.2) is 18.6 Å². The normalized spacial score (nSPS) is 10.9. The topological polar surface area (TPSA) is 101 Å². The standard InChI is InChI=1S/C12H13N7O/c1-7-9-3-8(4-13-11(9)19(2)18-7)12(20)14-5-10-15-6-16-17-10/h3-4,6H,5H2,1-2H3,(H,14,20)(H,15,16,17). The molecule has 1 amide bonds. The Morgan fingerprint density at radius 2 is 2.30 bits per heavy atom. The minimum atomic E-state index is -0.209. The van der Waals surface area contributed by atoms with Crippen molar-refractivity contribution < 1.29 is 4.79 Å². The Labute approximate surface area is 114 Å². The van der Waals surface area contributed by atoms with E-state index >= 15 is 0 Å². The van der Waals surface area contributed by atoms with Crippen molar-refractivity contribution in [2.45, 2.75) is 13.5 Å². The van der Waals surface area contributed by atoms with E-state index in [1.165, 1.54) is 6.33 Å². The van der Waals surface area contributed by atoms with Crippen molar-refractivity contribution in [3.8, 4) is 0 Å². The fourth-order valence-corrected chi connectivity index (χ4v) is 2.01. The lowest BCUT2D eigenvalue weighted by Gasteiger charge is -2.03. The maximum Gasteiger partial charge on any atom is 0.253 e. The van der Waals surface area contributed by atoms with E-state index in [-0.39, 0.29) is 5.91 Å². The van der Waals surface area contributed by atoms with E-state index in [4.69, 9.17) is 0 Å². The number of amides is 1. The lowest BCUT2D eigenvalue weighted by atomic mass is 10.2. The van der Waals surface area contributed by atoms with E-state index < -0.39 is 0 Å². The molecule has 0 radical (unpaired) electrons. The van der Waals surface area contributed by atoms with Gasteiger partial charge in [-0.3, -0.25) is 14.6 Å². The smallest absolute Gasteiger partial charge is 0.253 e. The number of nitrogens with zero attached hydrogens (tertiary/aromatic N) is 5. The van der Waals surface area contributed by atoms with Crippen LogP contribution in [-0.4, -0.2) is 35.9 Å². The maximum absolute atomic E-state index is 12.1. The van der Waals surface area contributed by atoms with E-state index in [1.807, 2.05) is 14.0 Å². The molecule has 3 aromatic heterocycles. The van der Waals surface area contributed by atoms with Gasteiger partial charge in [-0.25, -0.2) is 9.97 Å². The molecular formula is C12H13N7O. The van der Waals surface area contributed by atoms with Gasteiger partial charge in [0.15, 0.2) is 5.65 Å². The number of pyridine rings is 1. The number of hydrogen-bond acceptors (Lipinski definition) is 5. The molecule has 0 aliphatic heterocycles. The number of aromatic nitrogens is 6. The average Bonchev–Trinajstić information content (AvgIpc) is 3.05. The molecular weight excluding hydrogens is 258 g/mol. The van der Waals surface area contributed by atoms with Crippen LogP contribution in [0.4, 0.5) is 0 Å². The summed E-state index contributed by atoms with van der Waals surface area (Å²) in [5, 5.41) is 14.3. The van der Waals surface area contributed by atoms with Crippen LogP contribution in [-0.2, 0) is 13.6 Å². The van der Waals surface area contributed by atoms with Crippen molar-refractivity contribution in [3.05, 3.63) is 35.7 Å². The second kappa shape index (κ2) is 4.72. The summed E-state index contributed by atoms with van der Waals surface area (Å²) in [4.78, 5) is 20.3. The van der Waals surface area contributed by atoms with Gasteiger partial charge in [-0.2, -0.15) is 10.2 Å². The van der Waals surface area contributed by atoms with Gasteiger partial charge >= 0.3 is 0 Å². The molecule has 0 aliphatic rings. The van der Waals surface area contributed by atoms with Crippen LogP contribution in [0, 0.1) is 6.92 Å². The number of aryl methyl sites for hydroxylation is 2. The lowest BCUT2D eigenvalue weighted by molar-refractivity contribution is 0.0949. The summed E-state index contributed by atoms with van der Waals surface area (Å²) in [6.45, 7) is 2.18. The van der Waals surface area contributed by atoms with Gasteiger partial charge in [0, 0.05) is 18.6 Å². The molecule has 0 saturated carbocycles. The molecule has 2 N–H and O–H groups in total. The minimum absolute atomic E-state index is 0.209. The van der Waals surface area contributed by atoms with Crippen molar-refractivity contribution in [2.75, 3.05) is 0 Å². The molecule has 3 heterocycles. The quantitative estimate of drug-likeness (QED) is 0.714. The number of fused-ring (bicyclic) bond motifs is 1. The molecule has 3 aromatic rings. The van der Waals surface area contributed by atoms with Crippen molar-refractivity contribution in [3.63, 3.8) is 0 Å². The highest BCUT2D eigenvalue weighted by molar-refractivity contribution is 5.97. The van der Waals surface area contributed by atoms with Crippen LogP contribution < -0.4 is 5.32 Å². The van der Waals surface area contributed by atoms with Gasteiger partial charge in [-0.15, -0.1) is 0 Å². The fraction of sp³-hybridized carbons (Fsp3) is 0.250. The van der Waals surface area contributed by atoms with Crippen molar-refractivity contribution in [1.82, 2.24) is 35.3 Å². The third kappa shape index (κ3) is 2.11. The first-order valence-corrected chi connectivity index (χ1v) is 6.07. The number of hydrogen-bond donors (Lipinski definition) is 2. The predicted octanol–water partition coefficient (Wildman–Crippen LogP) is 0.325. The van der Waals surface area contributed by atoms with Crippen molar-refractivity contribution in [1.29, 1.82) is 0 Å². The Bertz CT molecular complexity index is 760. The average molecular weight is 271 g/mol. The molecule has 0 unspecified atom stereocenters. The maximum atomic E-state index is 12.1. The first-order valence-electron chi connectivity index (χ1n) is 6.07. The molecule has 0 fully saturated rings. The third-order valence-corrected chi connectivity index (χ3v) is 3.01. The largest absolute Gasteiger partial charge is 0.345 e. The van der Waals surface area contributed by atoms with Crippen LogP contribution in [0.2, 0.25) is 0 Å². The molecule has 102 valence electrons.